The number of aromatic nitrogens is 2. The summed E-state index contributed by atoms with van der Waals surface area (Å²) in [6.45, 7) is 8.04. The van der Waals surface area contributed by atoms with Crippen molar-refractivity contribution in [3.05, 3.63) is 80.0 Å². The van der Waals surface area contributed by atoms with Gasteiger partial charge in [0.15, 0.2) is 5.76 Å². The molecule has 4 heterocycles. The molecular formula is C22H22N4O2S2. The zero-order valence-electron chi connectivity index (χ0n) is 17.1. The lowest BCUT2D eigenvalue weighted by molar-refractivity contribution is 0.0997. The molecule has 30 heavy (non-hydrogen) atoms. The van der Waals surface area contributed by atoms with Gasteiger partial charge >= 0.3 is 0 Å². The predicted octanol–water partition coefficient (Wildman–Crippen LogP) is 5.88. The van der Waals surface area contributed by atoms with Crippen LogP contribution in [0.1, 0.15) is 48.9 Å². The molecule has 0 aliphatic rings. The molecule has 4 aromatic heterocycles. The normalized spacial score (nSPS) is 12.0. The fourth-order valence-corrected chi connectivity index (χ4v) is 5.20. The van der Waals surface area contributed by atoms with Crippen molar-refractivity contribution in [2.24, 2.45) is 0 Å². The second-order valence-corrected chi connectivity index (χ2v) is 9.23. The Hall–Kier alpha value is -2.97. The van der Waals surface area contributed by atoms with Crippen LogP contribution in [0.3, 0.4) is 0 Å². The van der Waals surface area contributed by atoms with Crippen molar-refractivity contribution in [3.63, 3.8) is 0 Å². The van der Waals surface area contributed by atoms with E-state index in [2.05, 4.69) is 40.5 Å². The van der Waals surface area contributed by atoms with Crippen LogP contribution in [0.2, 0.25) is 0 Å². The number of amides is 1. The summed E-state index contributed by atoms with van der Waals surface area (Å²) in [6.07, 6.45) is 1.49. The van der Waals surface area contributed by atoms with Crippen molar-refractivity contribution in [3.8, 4) is 0 Å². The molecule has 1 atom stereocenters. The van der Waals surface area contributed by atoms with E-state index in [9.17, 15) is 4.79 Å². The Balaban J connectivity index is 1.76. The predicted molar refractivity (Wildman–Crippen MR) is 122 cm³/mol. The third kappa shape index (κ3) is 4.15. The molecule has 0 saturated heterocycles. The van der Waals surface area contributed by atoms with Crippen LogP contribution in [0.25, 0.3) is 0 Å². The molecule has 0 unspecified atom stereocenters. The minimum atomic E-state index is -0.268. The van der Waals surface area contributed by atoms with Crippen molar-refractivity contribution in [2.45, 2.75) is 33.7 Å². The van der Waals surface area contributed by atoms with Gasteiger partial charge in [-0.1, -0.05) is 6.07 Å². The highest BCUT2D eigenvalue weighted by molar-refractivity contribution is 7.16. The van der Waals surface area contributed by atoms with E-state index in [1.54, 1.807) is 34.8 Å². The molecule has 4 rings (SSSR count). The van der Waals surface area contributed by atoms with Crippen molar-refractivity contribution < 1.29 is 9.21 Å². The maximum Gasteiger partial charge on any atom is 0.291 e. The summed E-state index contributed by atoms with van der Waals surface area (Å²) in [7, 11) is 0. The highest BCUT2D eigenvalue weighted by atomic mass is 32.1. The summed E-state index contributed by atoms with van der Waals surface area (Å²) in [5.41, 5.74) is 3.95. The standard InChI is InChI=1S/C22H22N4O2S2/c1-12-11-13(2)24-22(23-12)25-19(17-8-6-10-29-17)18-14(3)15(4)30-21(18)26-20(27)16-7-5-9-28-16/h5-11,19H,1-4H3,(H,26,27)(H,23,24,25)/t19-/m0/s1. The molecule has 6 nitrogen and oxygen atoms in total. The van der Waals surface area contributed by atoms with Gasteiger partial charge in [-0.15, -0.1) is 22.7 Å². The molecule has 4 aromatic rings. The Labute approximate surface area is 183 Å². The van der Waals surface area contributed by atoms with Gasteiger partial charge in [0.2, 0.25) is 5.95 Å². The Bertz CT molecular complexity index is 1140. The van der Waals surface area contributed by atoms with E-state index < -0.39 is 0 Å². The second-order valence-electron chi connectivity index (χ2n) is 7.02. The lowest BCUT2D eigenvalue weighted by Gasteiger charge is -2.20. The van der Waals surface area contributed by atoms with Crippen LogP contribution >= 0.6 is 22.7 Å². The third-order valence-corrected chi connectivity index (χ3v) is 6.85. The van der Waals surface area contributed by atoms with E-state index in [-0.39, 0.29) is 17.7 Å². The van der Waals surface area contributed by atoms with Gasteiger partial charge in [0, 0.05) is 26.7 Å². The van der Waals surface area contributed by atoms with Gasteiger partial charge in [0.1, 0.15) is 5.00 Å². The first-order valence-electron chi connectivity index (χ1n) is 9.49. The molecule has 0 aromatic carbocycles. The van der Waals surface area contributed by atoms with Crippen LogP contribution in [0.4, 0.5) is 10.9 Å². The summed E-state index contributed by atoms with van der Waals surface area (Å²) in [4.78, 5) is 24.0. The van der Waals surface area contributed by atoms with Gasteiger partial charge in [-0.25, -0.2) is 9.97 Å². The number of hydrogen-bond donors (Lipinski definition) is 2. The zero-order valence-corrected chi connectivity index (χ0v) is 18.8. The fraction of sp³-hybridized carbons (Fsp3) is 0.227. The van der Waals surface area contributed by atoms with Crippen LogP contribution < -0.4 is 10.6 Å². The highest BCUT2D eigenvalue weighted by Crippen LogP contribution is 2.42. The van der Waals surface area contributed by atoms with Gasteiger partial charge in [-0.2, -0.15) is 0 Å². The summed E-state index contributed by atoms with van der Waals surface area (Å²) >= 11 is 3.21. The quantitative estimate of drug-likeness (QED) is 0.393. The smallest absolute Gasteiger partial charge is 0.291 e. The second kappa shape index (κ2) is 8.41. The molecular weight excluding hydrogens is 416 g/mol. The minimum Gasteiger partial charge on any atom is -0.459 e. The van der Waals surface area contributed by atoms with E-state index in [1.807, 2.05) is 31.4 Å². The third-order valence-electron chi connectivity index (χ3n) is 4.78. The van der Waals surface area contributed by atoms with E-state index in [0.717, 1.165) is 37.3 Å². The number of aryl methyl sites for hydroxylation is 3. The minimum absolute atomic E-state index is 0.192. The van der Waals surface area contributed by atoms with E-state index >= 15 is 0 Å². The van der Waals surface area contributed by atoms with Crippen LogP contribution in [-0.2, 0) is 0 Å². The van der Waals surface area contributed by atoms with Gasteiger partial charge in [-0.3, -0.25) is 4.79 Å². The first-order chi connectivity index (χ1) is 14.4. The molecule has 2 N–H and O–H groups in total. The van der Waals surface area contributed by atoms with E-state index in [1.165, 1.54) is 6.26 Å². The van der Waals surface area contributed by atoms with E-state index in [4.69, 9.17) is 4.42 Å². The lowest BCUT2D eigenvalue weighted by atomic mass is 10.0. The summed E-state index contributed by atoms with van der Waals surface area (Å²) in [6, 6.07) is 9.21. The van der Waals surface area contributed by atoms with Gasteiger partial charge in [0.05, 0.1) is 12.3 Å². The number of hydrogen-bond acceptors (Lipinski definition) is 7. The maximum atomic E-state index is 12.7. The van der Waals surface area contributed by atoms with Crippen LogP contribution in [0, 0.1) is 27.7 Å². The summed E-state index contributed by atoms with van der Waals surface area (Å²) in [5.74, 6) is 0.579. The van der Waals surface area contributed by atoms with Gasteiger partial charge < -0.3 is 15.1 Å². The number of anilines is 2. The molecule has 0 bridgehead atoms. The average Bonchev–Trinajstić information content (AvgIpc) is 3.43. The summed E-state index contributed by atoms with van der Waals surface area (Å²) in [5, 5.41) is 9.37. The van der Waals surface area contributed by atoms with E-state index in [0.29, 0.717) is 5.95 Å². The fourth-order valence-electron chi connectivity index (χ4n) is 3.32. The molecule has 0 saturated carbocycles. The first-order valence-corrected chi connectivity index (χ1v) is 11.2. The molecule has 0 aliphatic carbocycles. The van der Waals surface area contributed by atoms with Gasteiger partial charge in [-0.05, 0) is 62.9 Å². The number of rotatable bonds is 6. The van der Waals surface area contributed by atoms with Crippen molar-refractivity contribution >= 4 is 39.5 Å². The average molecular weight is 439 g/mol. The number of nitrogens with zero attached hydrogens (tertiary/aromatic N) is 2. The van der Waals surface area contributed by atoms with Crippen LogP contribution in [0.15, 0.2) is 46.4 Å². The Morgan fingerprint density at radius 2 is 1.87 bits per heavy atom. The molecule has 0 fully saturated rings. The number of nitrogens with one attached hydrogen (secondary N) is 2. The summed E-state index contributed by atoms with van der Waals surface area (Å²) < 4.78 is 5.26. The number of carbonyl (C=O) groups excluding carboxylic acids is 1. The Morgan fingerprint density at radius 3 is 2.50 bits per heavy atom. The molecule has 0 radical (unpaired) electrons. The zero-order chi connectivity index (χ0) is 21.3. The molecule has 0 aliphatic heterocycles. The molecule has 1 amide bonds. The van der Waals surface area contributed by atoms with Gasteiger partial charge in [0.25, 0.3) is 5.91 Å². The van der Waals surface area contributed by atoms with Crippen molar-refractivity contribution in [1.29, 1.82) is 0 Å². The number of furan rings is 1. The Morgan fingerprint density at radius 1 is 1.10 bits per heavy atom. The first kappa shape index (κ1) is 20.3. The maximum absolute atomic E-state index is 12.7. The number of carbonyl (C=O) groups is 1. The van der Waals surface area contributed by atoms with Crippen molar-refractivity contribution in [1.82, 2.24) is 9.97 Å². The van der Waals surface area contributed by atoms with Crippen molar-refractivity contribution in [2.75, 3.05) is 10.6 Å². The molecule has 8 heteroatoms. The lowest BCUT2D eigenvalue weighted by Crippen LogP contribution is -2.18. The van der Waals surface area contributed by atoms with Crippen LogP contribution in [0.5, 0.6) is 0 Å². The molecule has 0 spiro atoms. The highest BCUT2D eigenvalue weighted by Gasteiger charge is 2.26. The molecule has 154 valence electrons. The number of thiophene rings is 2. The van der Waals surface area contributed by atoms with Crippen LogP contribution in [-0.4, -0.2) is 15.9 Å². The Kier molecular flexibility index (Phi) is 5.69. The largest absolute Gasteiger partial charge is 0.459 e. The topological polar surface area (TPSA) is 80.0 Å². The monoisotopic (exact) mass is 438 g/mol. The SMILES string of the molecule is Cc1cc(C)nc(N[C@@H](c2cccs2)c2c(NC(=O)c3ccco3)sc(C)c2C)n1.